The Hall–Kier alpha value is -2.66. The summed E-state index contributed by atoms with van der Waals surface area (Å²) in [6.45, 7) is 1.64. The zero-order valence-corrected chi connectivity index (χ0v) is 14.9. The standard InChI is InChI=1S/C21H23FN2O2/c1-26-13-12-24(11-5-8-16-6-3-2-4-7-16)21(25)20-15-17-14-18(22)9-10-19(17)23-20/h2-4,6-7,9-10,14-15,23H,5,8,11-13H2,1H3. The van der Waals surface area contributed by atoms with Gasteiger partial charge in [-0.15, -0.1) is 0 Å². The second-order valence-corrected chi connectivity index (χ2v) is 6.29. The summed E-state index contributed by atoms with van der Waals surface area (Å²) in [4.78, 5) is 17.8. The molecule has 26 heavy (non-hydrogen) atoms. The number of aromatic nitrogens is 1. The van der Waals surface area contributed by atoms with Gasteiger partial charge in [0.2, 0.25) is 0 Å². The van der Waals surface area contributed by atoms with E-state index in [9.17, 15) is 9.18 Å². The maximum Gasteiger partial charge on any atom is 0.270 e. The molecule has 3 rings (SSSR count). The maximum atomic E-state index is 13.4. The number of methoxy groups -OCH3 is 1. The summed E-state index contributed by atoms with van der Waals surface area (Å²) in [6.07, 6.45) is 1.78. The van der Waals surface area contributed by atoms with Gasteiger partial charge in [-0.05, 0) is 42.7 Å². The Bertz CT molecular complexity index is 861. The lowest BCUT2D eigenvalue weighted by Gasteiger charge is -2.22. The molecular weight excluding hydrogens is 331 g/mol. The van der Waals surface area contributed by atoms with Crippen LogP contribution in [-0.4, -0.2) is 42.6 Å². The fourth-order valence-electron chi connectivity index (χ4n) is 3.02. The minimum Gasteiger partial charge on any atom is -0.383 e. The predicted octanol–water partition coefficient (Wildman–Crippen LogP) is 4.03. The average Bonchev–Trinajstić information content (AvgIpc) is 3.08. The van der Waals surface area contributed by atoms with Gasteiger partial charge in [0.05, 0.1) is 6.61 Å². The van der Waals surface area contributed by atoms with Gasteiger partial charge in [0, 0.05) is 31.1 Å². The van der Waals surface area contributed by atoms with Crippen LogP contribution in [0.15, 0.2) is 54.6 Å². The first-order chi connectivity index (χ1) is 12.7. The largest absolute Gasteiger partial charge is 0.383 e. The molecule has 0 saturated heterocycles. The topological polar surface area (TPSA) is 45.3 Å². The number of hydrogen-bond donors (Lipinski definition) is 1. The van der Waals surface area contributed by atoms with Gasteiger partial charge in [0.25, 0.3) is 5.91 Å². The molecule has 1 N–H and O–H groups in total. The van der Waals surface area contributed by atoms with E-state index in [0.29, 0.717) is 30.8 Å². The second-order valence-electron chi connectivity index (χ2n) is 6.29. The highest BCUT2D eigenvalue weighted by atomic mass is 19.1. The van der Waals surface area contributed by atoms with E-state index >= 15 is 0 Å². The molecule has 0 aliphatic heterocycles. The predicted molar refractivity (Wildman–Crippen MR) is 101 cm³/mol. The molecule has 0 aliphatic carbocycles. The number of nitrogens with one attached hydrogen (secondary N) is 1. The average molecular weight is 354 g/mol. The molecule has 0 fully saturated rings. The van der Waals surface area contributed by atoms with Crippen molar-refractivity contribution >= 4 is 16.8 Å². The van der Waals surface area contributed by atoms with E-state index in [2.05, 4.69) is 17.1 Å². The molecular formula is C21H23FN2O2. The quantitative estimate of drug-likeness (QED) is 0.664. The highest BCUT2D eigenvalue weighted by Crippen LogP contribution is 2.18. The highest BCUT2D eigenvalue weighted by Gasteiger charge is 2.17. The number of H-pyrrole nitrogens is 1. The van der Waals surface area contributed by atoms with Crippen molar-refractivity contribution in [2.75, 3.05) is 26.8 Å². The summed E-state index contributed by atoms with van der Waals surface area (Å²) in [5.74, 6) is -0.402. The first-order valence-electron chi connectivity index (χ1n) is 8.78. The third-order valence-electron chi connectivity index (χ3n) is 4.40. The van der Waals surface area contributed by atoms with E-state index in [1.165, 1.54) is 17.7 Å². The molecule has 0 atom stereocenters. The minimum absolute atomic E-state index is 0.0910. The van der Waals surface area contributed by atoms with Crippen LogP contribution < -0.4 is 0 Å². The van der Waals surface area contributed by atoms with Crippen LogP contribution in [0.2, 0.25) is 0 Å². The molecule has 0 saturated carbocycles. The number of carbonyl (C=O) groups is 1. The summed E-state index contributed by atoms with van der Waals surface area (Å²) in [5.41, 5.74) is 2.49. The number of carbonyl (C=O) groups excluding carboxylic acids is 1. The summed E-state index contributed by atoms with van der Waals surface area (Å²) in [7, 11) is 1.62. The van der Waals surface area contributed by atoms with Gasteiger partial charge in [0.1, 0.15) is 11.5 Å². The Kier molecular flexibility index (Phi) is 6.02. The van der Waals surface area contributed by atoms with Crippen LogP contribution >= 0.6 is 0 Å². The molecule has 0 aliphatic rings. The SMILES string of the molecule is COCCN(CCCc1ccccc1)C(=O)c1cc2cc(F)ccc2[nH]1. The number of aryl methyl sites for hydroxylation is 1. The molecule has 0 spiro atoms. The molecule has 4 nitrogen and oxygen atoms in total. The van der Waals surface area contributed by atoms with Crippen LogP contribution in [0.25, 0.3) is 10.9 Å². The lowest BCUT2D eigenvalue weighted by Crippen LogP contribution is -2.35. The normalized spacial score (nSPS) is 11.0. The van der Waals surface area contributed by atoms with Gasteiger partial charge < -0.3 is 14.6 Å². The van der Waals surface area contributed by atoms with Crippen LogP contribution in [-0.2, 0) is 11.2 Å². The zero-order valence-electron chi connectivity index (χ0n) is 14.9. The van der Waals surface area contributed by atoms with E-state index < -0.39 is 0 Å². The number of nitrogens with zero attached hydrogens (tertiary/aromatic N) is 1. The number of rotatable bonds is 8. The Morgan fingerprint density at radius 2 is 1.92 bits per heavy atom. The van der Waals surface area contributed by atoms with Gasteiger partial charge in [-0.25, -0.2) is 4.39 Å². The van der Waals surface area contributed by atoms with Gasteiger partial charge in [-0.3, -0.25) is 4.79 Å². The highest BCUT2D eigenvalue weighted by molar-refractivity contribution is 5.98. The lowest BCUT2D eigenvalue weighted by molar-refractivity contribution is 0.0688. The Morgan fingerprint density at radius 1 is 1.12 bits per heavy atom. The van der Waals surface area contributed by atoms with Crippen LogP contribution in [0, 0.1) is 5.82 Å². The van der Waals surface area contributed by atoms with Crippen molar-refractivity contribution in [2.24, 2.45) is 0 Å². The molecule has 0 bridgehead atoms. The third kappa shape index (κ3) is 4.49. The van der Waals surface area contributed by atoms with Gasteiger partial charge in [-0.2, -0.15) is 0 Å². The smallest absolute Gasteiger partial charge is 0.270 e. The molecule has 136 valence electrons. The Morgan fingerprint density at radius 3 is 2.69 bits per heavy atom. The molecule has 1 amide bonds. The Balaban J connectivity index is 1.69. The molecule has 1 heterocycles. The Labute approximate surface area is 152 Å². The van der Waals surface area contributed by atoms with E-state index in [-0.39, 0.29) is 11.7 Å². The van der Waals surface area contributed by atoms with Crippen molar-refractivity contribution in [3.8, 4) is 0 Å². The van der Waals surface area contributed by atoms with Gasteiger partial charge in [-0.1, -0.05) is 30.3 Å². The number of benzene rings is 2. The molecule has 5 heteroatoms. The summed E-state index contributed by atoms with van der Waals surface area (Å²) in [5, 5.41) is 0.698. The van der Waals surface area contributed by atoms with Crippen molar-refractivity contribution < 1.29 is 13.9 Å². The number of aromatic amines is 1. The van der Waals surface area contributed by atoms with Crippen molar-refractivity contribution in [3.63, 3.8) is 0 Å². The van der Waals surface area contributed by atoms with Gasteiger partial charge >= 0.3 is 0 Å². The third-order valence-corrected chi connectivity index (χ3v) is 4.40. The second kappa shape index (κ2) is 8.63. The van der Waals surface area contributed by atoms with E-state index in [0.717, 1.165) is 18.4 Å². The van der Waals surface area contributed by atoms with Crippen LogP contribution in [0.1, 0.15) is 22.5 Å². The molecule has 0 unspecified atom stereocenters. The van der Waals surface area contributed by atoms with Gasteiger partial charge in [0.15, 0.2) is 0 Å². The first kappa shape index (κ1) is 18.1. The van der Waals surface area contributed by atoms with Crippen molar-refractivity contribution in [3.05, 3.63) is 71.7 Å². The first-order valence-corrected chi connectivity index (χ1v) is 8.78. The molecule has 0 radical (unpaired) electrons. The summed E-state index contributed by atoms with van der Waals surface area (Å²) < 4.78 is 18.5. The fourth-order valence-corrected chi connectivity index (χ4v) is 3.02. The minimum atomic E-state index is -0.311. The number of amides is 1. The van der Waals surface area contributed by atoms with Crippen molar-refractivity contribution in [1.29, 1.82) is 0 Å². The van der Waals surface area contributed by atoms with E-state index in [4.69, 9.17) is 4.74 Å². The zero-order chi connectivity index (χ0) is 18.4. The monoisotopic (exact) mass is 354 g/mol. The number of ether oxygens (including phenoxy) is 1. The lowest BCUT2D eigenvalue weighted by atomic mass is 10.1. The summed E-state index contributed by atoms with van der Waals surface area (Å²) in [6, 6.07) is 16.4. The van der Waals surface area contributed by atoms with Crippen LogP contribution in [0.5, 0.6) is 0 Å². The van der Waals surface area contributed by atoms with Crippen LogP contribution in [0.3, 0.4) is 0 Å². The number of fused-ring (bicyclic) bond motifs is 1. The van der Waals surface area contributed by atoms with E-state index in [1.807, 2.05) is 18.2 Å². The number of halogens is 1. The van der Waals surface area contributed by atoms with E-state index in [1.54, 1.807) is 24.1 Å². The summed E-state index contributed by atoms with van der Waals surface area (Å²) >= 11 is 0. The molecule has 1 aromatic heterocycles. The molecule has 2 aromatic carbocycles. The fraction of sp³-hybridized carbons (Fsp3) is 0.286. The maximum absolute atomic E-state index is 13.4. The van der Waals surface area contributed by atoms with Crippen LogP contribution in [0.4, 0.5) is 4.39 Å². The number of hydrogen-bond acceptors (Lipinski definition) is 2. The molecule has 3 aromatic rings. The van der Waals surface area contributed by atoms with Crippen molar-refractivity contribution in [2.45, 2.75) is 12.8 Å². The van der Waals surface area contributed by atoms with Crippen molar-refractivity contribution in [1.82, 2.24) is 9.88 Å².